The van der Waals surface area contributed by atoms with Crippen molar-refractivity contribution in [1.82, 2.24) is 4.57 Å². The molecule has 0 N–H and O–H groups in total. The SMILES string of the molecule is c1ccc(N(c2ccc(-c3ccc4ccc5c6ccccc6ccc5c4c3)cc2)c2ccc(-c3ccccc3-n3c4ccccc4c4ccccc43)cc2)cc1. The van der Waals surface area contributed by atoms with Crippen molar-refractivity contribution in [2.75, 3.05) is 4.90 Å². The quantitative estimate of drug-likeness (QED) is 0.156. The molecule has 0 aliphatic heterocycles. The van der Waals surface area contributed by atoms with Crippen molar-refractivity contribution in [3.63, 3.8) is 0 Å². The van der Waals surface area contributed by atoms with E-state index in [0.29, 0.717) is 0 Å². The third-order valence-corrected chi connectivity index (χ3v) is 11.4. The smallest absolute Gasteiger partial charge is 0.0541 e. The lowest BCUT2D eigenvalue weighted by atomic mass is 9.94. The fraction of sp³-hybridized carbons (Fsp3) is 0. The van der Waals surface area contributed by atoms with Crippen LogP contribution in [0.25, 0.3) is 82.1 Å². The molecule has 0 saturated heterocycles. The normalized spacial score (nSPS) is 11.6. The van der Waals surface area contributed by atoms with Gasteiger partial charge in [-0.25, -0.2) is 0 Å². The summed E-state index contributed by atoms with van der Waals surface area (Å²) in [5, 5.41) is 10.2. The Bertz CT molecular complexity index is 3180. The van der Waals surface area contributed by atoms with Crippen LogP contribution in [-0.2, 0) is 0 Å². The number of hydrogen-bond acceptors (Lipinski definition) is 1. The summed E-state index contributed by atoms with van der Waals surface area (Å²) >= 11 is 0. The van der Waals surface area contributed by atoms with E-state index in [0.717, 1.165) is 17.1 Å². The van der Waals surface area contributed by atoms with Crippen LogP contribution >= 0.6 is 0 Å². The summed E-state index contributed by atoms with van der Waals surface area (Å²) in [6.07, 6.45) is 0. The van der Waals surface area contributed by atoms with Crippen LogP contribution < -0.4 is 4.90 Å². The lowest BCUT2D eigenvalue weighted by Gasteiger charge is -2.26. The molecule has 11 aromatic rings. The number of aromatic nitrogens is 1. The van der Waals surface area contributed by atoms with Gasteiger partial charge in [-0.05, 0) is 110 Å². The average molecular weight is 713 g/mol. The average Bonchev–Trinajstić information content (AvgIpc) is 3.61. The molecule has 0 radical (unpaired) electrons. The number of benzene rings is 10. The topological polar surface area (TPSA) is 8.17 Å². The predicted molar refractivity (Wildman–Crippen MR) is 239 cm³/mol. The lowest BCUT2D eigenvalue weighted by Crippen LogP contribution is -2.09. The maximum Gasteiger partial charge on any atom is 0.0541 e. The fourth-order valence-electron chi connectivity index (χ4n) is 8.71. The zero-order valence-electron chi connectivity index (χ0n) is 30.7. The Balaban J connectivity index is 0.967. The summed E-state index contributed by atoms with van der Waals surface area (Å²) in [6, 6.07) is 79.4. The number of fused-ring (bicyclic) bond motifs is 8. The van der Waals surface area contributed by atoms with E-state index < -0.39 is 0 Å². The molecule has 11 rings (SSSR count). The van der Waals surface area contributed by atoms with Gasteiger partial charge in [0, 0.05) is 33.4 Å². The number of para-hydroxylation sites is 4. The van der Waals surface area contributed by atoms with Crippen molar-refractivity contribution < 1.29 is 0 Å². The molecule has 0 amide bonds. The summed E-state index contributed by atoms with van der Waals surface area (Å²) in [6.45, 7) is 0. The van der Waals surface area contributed by atoms with Gasteiger partial charge in [-0.15, -0.1) is 0 Å². The van der Waals surface area contributed by atoms with Crippen molar-refractivity contribution >= 4 is 71.2 Å². The zero-order chi connectivity index (χ0) is 37.0. The van der Waals surface area contributed by atoms with E-state index in [1.54, 1.807) is 0 Å². The molecule has 0 saturated carbocycles. The van der Waals surface area contributed by atoms with Gasteiger partial charge in [-0.1, -0.05) is 158 Å². The highest BCUT2D eigenvalue weighted by atomic mass is 15.1. The largest absolute Gasteiger partial charge is 0.311 e. The Hall–Kier alpha value is -7.42. The van der Waals surface area contributed by atoms with Crippen LogP contribution in [-0.4, -0.2) is 4.57 Å². The van der Waals surface area contributed by atoms with Crippen LogP contribution in [0.5, 0.6) is 0 Å². The summed E-state index contributed by atoms with van der Waals surface area (Å²) in [5.74, 6) is 0. The van der Waals surface area contributed by atoms with Gasteiger partial charge in [-0.2, -0.15) is 0 Å². The van der Waals surface area contributed by atoms with Gasteiger partial charge in [0.25, 0.3) is 0 Å². The molecule has 0 bridgehead atoms. The van der Waals surface area contributed by atoms with Crippen LogP contribution in [0.1, 0.15) is 0 Å². The minimum atomic E-state index is 1.10. The summed E-state index contributed by atoms with van der Waals surface area (Å²) in [4.78, 5) is 2.34. The van der Waals surface area contributed by atoms with E-state index in [2.05, 4.69) is 228 Å². The molecule has 0 spiro atoms. The third kappa shape index (κ3) is 5.26. The van der Waals surface area contributed by atoms with Crippen molar-refractivity contribution in [2.24, 2.45) is 0 Å². The van der Waals surface area contributed by atoms with Gasteiger partial charge >= 0.3 is 0 Å². The fourth-order valence-corrected chi connectivity index (χ4v) is 8.71. The molecular formula is C54H36N2. The first-order valence-corrected chi connectivity index (χ1v) is 19.3. The molecule has 1 aromatic heterocycles. The van der Waals surface area contributed by atoms with Gasteiger partial charge in [0.2, 0.25) is 0 Å². The van der Waals surface area contributed by atoms with E-state index in [9.17, 15) is 0 Å². The van der Waals surface area contributed by atoms with Crippen molar-refractivity contribution in [1.29, 1.82) is 0 Å². The molecule has 0 atom stereocenters. The van der Waals surface area contributed by atoms with Crippen LogP contribution in [0.15, 0.2) is 218 Å². The summed E-state index contributed by atoms with van der Waals surface area (Å²) in [7, 11) is 0. The van der Waals surface area contributed by atoms with Crippen molar-refractivity contribution in [2.45, 2.75) is 0 Å². The number of rotatable bonds is 6. The molecule has 0 fully saturated rings. The van der Waals surface area contributed by atoms with Gasteiger partial charge < -0.3 is 9.47 Å². The summed E-state index contributed by atoms with van der Waals surface area (Å²) < 4.78 is 2.41. The first-order valence-electron chi connectivity index (χ1n) is 19.3. The first-order chi connectivity index (χ1) is 27.8. The van der Waals surface area contributed by atoms with Crippen LogP contribution in [0.3, 0.4) is 0 Å². The van der Waals surface area contributed by atoms with Crippen molar-refractivity contribution in [3.05, 3.63) is 218 Å². The van der Waals surface area contributed by atoms with E-state index >= 15 is 0 Å². The molecule has 262 valence electrons. The van der Waals surface area contributed by atoms with E-state index in [4.69, 9.17) is 0 Å². The molecule has 2 nitrogen and oxygen atoms in total. The minimum Gasteiger partial charge on any atom is -0.311 e. The molecule has 1 heterocycles. The lowest BCUT2D eigenvalue weighted by molar-refractivity contribution is 1.18. The van der Waals surface area contributed by atoms with Crippen LogP contribution in [0, 0.1) is 0 Å². The molecule has 56 heavy (non-hydrogen) atoms. The molecule has 0 aliphatic rings. The monoisotopic (exact) mass is 712 g/mol. The van der Waals surface area contributed by atoms with Crippen LogP contribution in [0.4, 0.5) is 17.1 Å². The van der Waals surface area contributed by atoms with Crippen molar-refractivity contribution in [3.8, 4) is 27.9 Å². The summed E-state index contributed by atoms with van der Waals surface area (Å²) in [5.41, 5.74) is 11.7. The Morgan fingerprint density at radius 1 is 0.286 bits per heavy atom. The highest BCUT2D eigenvalue weighted by Gasteiger charge is 2.17. The minimum absolute atomic E-state index is 1.10. The molecule has 10 aromatic carbocycles. The Labute approximate surface area is 325 Å². The Kier molecular flexibility index (Phi) is 7.53. The second kappa shape index (κ2) is 13.2. The van der Waals surface area contributed by atoms with Gasteiger partial charge in [0.1, 0.15) is 0 Å². The molecule has 2 heteroatoms. The van der Waals surface area contributed by atoms with E-state index in [1.807, 2.05) is 0 Å². The highest BCUT2D eigenvalue weighted by Crippen LogP contribution is 2.40. The van der Waals surface area contributed by atoms with Gasteiger partial charge in [-0.3, -0.25) is 0 Å². The van der Waals surface area contributed by atoms with E-state index in [-0.39, 0.29) is 0 Å². The third-order valence-electron chi connectivity index (χ3n) is 11.4. The Morgan fingerprint density at radius 3 is 1.46 bits per heavy atom. The maximum atomic E-state index is 2.41. The van der Waals surface area contributed by atoms with Gasteiger partial charge in [0.05, 0.1) is 16.7 Å². The predicted octanol–water partition coefficient (Wildman–Crippen LogP) is 15.0. The Morgan fingerprint density at radius 2 is 0.768 bits per heavy atom. The van der Waals surface area contributed by atoms with Gasteiger partial charge in [0.15, 0.2) is 0 Å². The number of hydrogen-bond donors (Lipinski definition) is 0. The zero-order valence-corrected chi connectivity index (χ0v) is 30.7. The molecular weight excluding hydrogens is 677 g/mol. The highest BCUT2D eigenvalue weighted by molar-refractivity contribution is 6.17. The van der Waals surface area contributed by atoms with E-state index in [1.165, 1.54) is 82.1 Å². The second-order valence-electron chi connectivity index (χ2n) is 14.5. The molecule has 0 unspecified atom stereocenters. The first kappa shape index (κ1) is 32.0. The van der Waals surface area contributed by atoms with Crippen LogP contribution in [0.2, 0.25) is 0 Å². The number of anilines is 3. The number of nitrogens with zero attached hydrogens (tertiary/aromatic N) is 2. The maximum absolute atomic E-state index is 2.41. The standard InChI is InChI=1S/C54H36N2/c1-2-13-42(14-3-1)55(43-30-24-37(25-31-43)41-23-22-40-29-34-47-45-15-5-4-12-38(45)28-35-48(47)51(40)36-41)44-32-26-39(27-33-44)46-16-6-9-19-52(46)56-53-20-10-7-17-49(53)50-18-8-11-21-54(50)56/h1-36H. The molecule has 0 aliphatic carbocycles. The second-order valence-corrected chi connectivity index (χ2v) is 14.5.